The summed E-state index contributed by atoms with van der Waals surface area (Å²) in [6.45, 7) is 1.08. The summed E-state index contributed by atoms with van der Waals surface area (Å²) in [5.41, 5.74) is 0.169. The Hall–Kier alpha value is -2.45. The van der Waals surface area contributed by atoms with Gasteiger partial charge in [0.2, 0.25) is 10.0 Å². The first kappa shape index (κ1) is 21.3. The first-order chi connectivity index (χ1) is 14.0. The van der Waals surface area contributed by atoms with Crippen LogP contribution in [0.4, 0.5) is 4.39 Å². The molecule has 3 rings (SSSR count). The highest BCUT2D eigenvalue weighted by molar-refractivity contribution is 7.89. The molecule has 1 fully saturated rings. The lowest BCUT2D eigenvalue weighted by Gasteiger charge is -2.20. The molecule has 0 saturated carbocycles. The standard InChI is InChI=1S/C21H24FNO5S/c22-18-8-10-19(11-9-18)27-14-15-28-21(24)17-6-5-7-20(16-17)29(25,26)23-12-3-1-2-4-13-23/h5-11,16H,1-4,12-15H2. The van der Waals surface area contributed by atoms with E-state index in [-0.39, 0.29) is 29.5 Å². The van der Waals surface area contributed by atoms with Crippen LogP contribution in [0.15, 0.2) is 53.4 Å². The molecule has 2 aromatic rings. The molecule has 0 bridgehead atoms. The van der Waals surface area contributed by atoms with Gasteiger partial charge in [-0.2, -0.15) is 4.31 Å². The second kappa shape index (κ2) is 9.84. The van der Waals surface area contributed by atoms with Gasteiger partial charge < -0.3 is 9.47 Å². The zero-order chi connectivity index (χ0) is 20.7. The van der Waals surface area contributed by atoms with Gasteiger partial charge in [-0.15, -0.1) is 0 Å². The minimum Gasteiger partial charge on any atom is -0.490 e. The van der Waals surface area contributed by atoms with E-state index < -0.39 is 16.0 Å². The summed E-state index contributed by atoms with van der Waals surface area (Å²) in [7, 11) is -3.64. The Kier molecular flexibility index (Phi) is 7.22. The number of benzene rings is 2. The van der Waals surface area contributed by atoms with Gasteiger partial charge in [0.15, 0.2) is 0 Å². The molecule has 0 spiro atoms. The van der Waals surface area contributed by atoms with E-state index in [1.807, 2.05) is 0 Å². The maximum absolute atomic E-state index is 12.9. The van der Waals surface area contributed by atoms with Crippen molar-refractivity contribution in [2.45, 2.75) is 30.6 Å². The third-order valence-electron chi connectivity index (χ3n) is 4.67. The second-order valence-electron chi connectivity index (χ2n) is 6.78. The maximum atomic E-state index is 12.9. The van der Waals surface area contributed by atoms with E-state index in [0.717, 1.165) is 25.7 Å². The summed E-state index contributed by atoms with van der Waals surface area (Å²) in [5, 5.41) is 0. The van der Waals surface area contributed by atoms with Crippen LogP contribution < -0.4 is 4.74 Å². The van der Waals surface area contributed by atoms with E-state index in [9.17, 15) is 17.6 Å². The van der Waals surface area contributed by atoms with Crippen LogP contribution in [0.25, 0.3) is 0 Å². The van der Waals surface area contributed by atoms with Gasteiger partial charge in [0.05, 0.1) is 10.5 Å². The number of hydrogen-bond acceptors (Lipinski definition) is 5. The van der Waals surface area contributed by atoms with Crippen molar-refractivity contribution in [3.63, 3.8) is 0 Å². The van der Waals surface area contributed by atoms with E-state index in [1.54, 1.807) is 0 Å². The zero-order valence-corrected chi connectivity index (χ0v) is 16.9. The third-order valence-corrected chi connectivity index (χ3v) is 6.57. The largest absolute Gasteiger partial charge is 0.490 e. The van der Waals surface area contributed by atoms with Crippen LogP contribution in [-0.4, -0.2) is 45.0 Å². The molecule has 29 heavy (non-hydrogen) atoms. The molecule has 6 nitrogen and oxygen atoms in total. The average molecular weight is 421 g/mol. The number of rotatable bonds is 7. The Morgan fingerprint density at radius 1 is 0.966 bits per heavy atom. The van der Waals surface area contributed by atoms with Gasteiger partial charge in [-0.3, -0.25) is 0 Å². The molecule has 2 aromatic carbocycles. The van der Waals surface area contributed by atoms with E-state index in [4.69, 9.17) is 9.47 Å². The predicted molar refractivity (Wildman–Crippen MR) is 106 cm³/mol. The zero-order valence-electron chi connectivity index (χ0n) is 16.1. The Balaban J connectivity index is 1.57. The fraction of sp³-hybridized carbons (Fsp3) is 0.381. The SMILES string of the molecule is O=C(OCCOc1ccc(F)cc1)c1cccc(S(=O)(=O)N2CCCCCC2)c1. The Morgan fingerprint density at radius 2 is 1.66 bits per heavy atom. The van der Waals surface area contributed by atoms with E-state index in [0.29, 0.717) is 18.8 Å². The fourth-order valence-corrected chi connectivity index (χ4v) is 4.69. The number of ether oxygens (including phenoxy) is 2. The summed E-state index contributed by atoms with van der Waals surface area (Å²) in [6, 6.07) is 11.4. The first-order valence-corrected chi connectivity index (χ1v) is 11.1. The quantitative estimate of drug-likeness (QED) is 0.504. The third kappa shape index (κ3) is 5.77. The van der Waals surface area contributed by atoms with Crippen molar-refractivity contribution < 1.29 is 27.1 Å². The predicted octanol–water partition coefficient (Wildman–Crippen LogP) is 3.63. The van der Waals surface area contributed by atoms with Gasteiger partial charge >= 0.3 is 5.97 Å². The van der Waals surface area contributed by atoms with Crippen LogP contribution in [-0.2, 0) is 14.8 Å². The van der Waals surface area contributed by atoms with Crippen LogP contribution in [0, 0.1) is 5.82 Å². The molecule has 0 aromatic heterocycles. The molecule has 1 aliphatic rings. The summed E-state index contributed by atoms with van der Waals surface area (Å²) >= 11 is 0. The molecule has 8 heteroatoms. The molecular formula is C21H24FNO5S. The van der Waals surface area contributed by atoms with Crippen molar-refractivity contribution in [3.8, 4) is 5.75 Å². The van der Waals surface area contributed by atoms with E-state index in [2.05, 4.69) is 0 Å². The van der Waals surface area contributed by atoms with Gasteiger partial charge in [0, 0.05) is 13.1 Å². The van der Waals surface area contributed by atoms with E-state index >= 15 is 0 Å². The molecule has 0 N–H and O–H groups in total. The Morgan fingerprint density at radius 3 is 2.34 bits per heavy atom. The number of carbonyl (C=O) groups excluding carboxylic acids is 1. The van der Waals surface area contributed by atoms with Crippen LogP contribution in [0.3, 0.4) is 0 Å². The van der Waals surface area contributed by atoms with E-state index in [1.165, 1.54) is 52.8 Å². The molecular weight excluding hydrogens is 397 g/mol. The van der Waals surface area contributed by atoms with Gasteiger partial charge in [-0.05, 0) is 55.3 Å². The van der Waals surface area contributed by atoms with Crippen molar-refractivity contribution in [1.82, 2.24) is 4.31 Å². The van der Waals surface area contributed by atoms with Crippen molar-refractivity contribution in [2.75, 3.05) is 26.3 Å². The van der Waals surface area contributed by atoms with Crippen LogP contribution in [0.1, 0.15) is 36.0 Å². The normalized spacial score (nSPS) is 15.5. The van der Waals surface area contributed by atoms with Gasteiger partial charge in [-0.25, -0.2) is 17.6 Å². The summed E-state index contributed by atoms with van der Waals surface area (Å²) in [4.78, 5) is 12.4. The second-order valence-corrected chi connectivity index (χ2v) is 8.72. The topological polar surface area (TPSA) is 72.9 Å². The van der Waals surface area contributed by atoms with Crippen molar-refractivity contribution >= 4 is 16.0 Å². The molecule has 1 saturated heterocycles. The Labute approximate surface area is 170 Å². The fourth-order valence-electron chi connectivity index (χ4n) is 3.12. The molecule has 0 amide bonds. The maximum Gasteiger partial charge on any atom is 0.338 e. The molecule has 1 heterocycles. The minimum atomic E-state index is -3.64. The average Bonchev–Trinajstić information content (AvgIpc) is 3.02. The van der Waals surface area contributed by atoms with Crippen molar-refractivity contribution in [3.05, 3.63) is 59.9 Å². The van der Waals surface area contributed by atoms with Gasteiger partial charge in [0.1, 0.15) is 24.8 Å². The van der Waals surface area contributed by atoms with Crippen LogP contribution >= 0.6 is 0 Å². The highest BCUT2D eigenvalue weighted by Gasteiger charge is 2.26. The molecule has 0 aliphatic carbocycles. The van der Waals surface area contributed by atoms with Crippen molar-refractivity contribution in [1.29, 1.82) is 0 Å². The monoisotopic (exact) mass is 421 g/mol. The van der Waals surface area contributed by atoms with Crippen LogP contribution in [0.5, 0.6) is 5.75 Å². The number of esters is 1. The lowest BCUT2D eigenvalue weighted by molar-refractivity contribution is 0.0450. The number of hydrogen-bond donors (Lipinski definition) is 0. The van der Waals surface area contributed by atoms with Crippen molar-refractivity contribution in [2.24, 2.45) is 0 Å². The smallest absolute Gasteiger partial charge is 0.338 e. The molecule has 0 unspecified atom stereocenters. The Bertz CT molecular complexity index is 922. The molecule has 0 atom stereocenters. The summed E-state index contributed by atoms with van der Waals surface area (Å²) in [6.07, 6.45) is 3.74. The molecule has 1 aliphatic heterocycles. The number of halogens is 1. The lowest BCUT2D eigenvalue weighted by atomic mass is 10.2. The van der Waals surface area contributed by atoms with Gasteiger partial charge in [0.25, 0.3) is 0 Å². The highest BCUT2D eigenvalue weighted by atomic mass is 32.2. The number of carbonyl (C=O) groups is 1. The number of sulfonamides is 1. The highest BCUT2D eigenvalue weighted by Crippen LogP contribution is 2.21. The first-order valence-electron chi connectivity index (χ1n) is 9.62. The van der Waals surface area contributed by atoms with Gasteiger partial charge in [-0.1, -0.05) is 18.9 Å². The molecule has 0 radical (unpaired) electrons. The molecule has 156 valence electrons. The summed E-state index contributed by atoms with van der Waals surface area (Å²) < 4.78 is 50.6. The minimum absolute atomic E-state index is 0.0146. The summed E-state index contributed by atoms with van der Waals surface area (Å²) in [5.74, 6) is -0.521. The van der Waals surface area contributed by atoms with Crippen LogP contribution in [0.2, 0.25) is 0 Å². The lowest BCUT2D eigenvalue weighted by Crippen LogP contribution is -2.32. The number of nitrogens with zero attached hydrogens (tertiary/aromatic N) is 1.